The van der Waals surface area contributed by atoms with Crippen molar-refractivity contribution in [1.29, 1.82) is 0 Å². The molecular weight excluding hydrogens is 328 g/mol. The SMILES string of the molecule is O=C(CO)[C@@H](OS(=O)(=O)O)[C@H](O)[C@@H](CO)OS(=O)(=O)O. The number of ketones is 1. The summed E-state index contributed by atoms with van der Waals surface area (Å²) in [5.41, 5.74) is 0. The molecule has 3 atom stereocenters. The predicted molar refractivity (Wildman–Crippen MR) is 58.0 cm³/mol. The molecule has 0 unspecified atom stereocenters. The van der Waals surface area contributed by atoms with E-state index in [1.54, 1.807) is 0 Å². The Kier molecular flexibility index (Phi) is 7.08. The van der Waals surface area contributed by atoms with Crippen molar-refractivity contribution >= 4 is 26.6 Å². The second-order valence-electron chi connectivity index (χ2n) is 3.30. The van der Waals surface area contributed by atoms with Crippen LogP contribution in [0.25, 0.3) is 0 Å². The van der Waals surface area contributed by atoms with Crippen LogP contribution in [-0.4, -0.2) is 78.6 Å². The molecule has 0 aliphatic carbocycles. The molecule has 0 aromatic rings. The van der Waals surface area contributed by atoms with Crippen LogP contribution < -0.4 is 0 Å². The first-order chi connectivity index (χ1) is 8.91. The zero-order valence-electron chi connectivity index (χ0n) is 9.56. The van der Waals surface area contributed by atoms with Gasteiger partial charge in [0.2, 0.25) is 0 Å². The maximum Gasteiger partial charge on any atom is 0.398 e. The first-order valence-corrected chi connectivity index (χ1v) is 7.38. The number of aliphatic hydroxyl groups is 3. The molecule has 5 N–H and O–H groups in total. The van der Waals surface area contributed by atoms with Crippen LogP contribution in [-0.2, 0) is 34.0 Å². The van der Waals surface area contributed by atoms with Gasteiger partial charge in [0.25, 0.3) is 0 Å². The first-order valence-electron chi connectivity index (χ1n) is 4.65. The third-order valence-electron chi connectivity index (χ3n) is 1.81. The molecule has 0 bridgehead atoms. The van der Waals surface area contributed by atoms with Crippen molar-refractivity contribution in [2.75, 3.05) is 13.2 Å². The fourth-order valence-corrected chi connectivity index (χ4v) is 2.04. The highest BCUT2D eigenvalue weighted by atomic mass is 32.3. The van der Waals surface area contributed by atoms with Crippen LogP contribution in [0.1, 0.15) is 0 Å². The fraction of sp³-hybridized carbons (Fsp3) is 0.833. The molecule has 20 heavy (non-hydrogen) atoms. The van der Waals surface area contributed by atoms with Gasteiger partial charge in [-0.15, -0.1) is 0 Å². The number of aliphatic hydroxyl groups excluding tert-OH is 3. The maximum atomic E-state index is 11.2. The Morgan fingerprint density at radius 1 is 1.00 bits per heavy atom. The molecule has 14 heteroatoms. The highest BCUT2D eigenvalue weighted by Crippen LogP contribution is 2.13. The van der Waals surface area contributed by atoms with Crippen molar-refractivity contribution in [1.82, 2.24) is 0 Å². The molecule has 0 saturated carbocycles. The molecule has 0 heterocycles. The van der Waals surface area contributed by atoms with E-state index in [2.05, 4.69) is 8.37 Å². The summed E-state index contributed by atoms with van der Waals surface area (Å²) in [5, 5.41) is 26.8. The topological polar surface area (TPSA) is 205 Å². The standard InChI is InChI=1S/C6H12O12S2/c7-1-3(9)6(18-20(14,15)16)5(10)4(2-8)17-19(11,12)13/h4-8,10H,1-2H2,(H,11,12,13)(H,14,15,16)/t4-,5-,6-/m1/s1. The second-order valence-corrected chi connectivity index (χ2v) is 5.40. The Bertz CT molecular complexity index is 520. The lowest BCUT2D eigenvalue weighted by molar-refractivity contribution is -0.139. The summed E-state index contributed by atoms with van der Waals surface area (Å²) < 4.78 is 66.1. The summed E-state index contributed by atoms with van der Waals surface area (Å²) in [5.74, 6) is -1.47. The van der Waals surface area contributed by atoms with Crippen molar-refractivity contribution < 1.29 is 54.4 Å². The van der Waals surface area contributed by atoms with Gasteiger partial charge in [-0.25, -0.2) is 8.37 Å². The van der Waals surface area contributed by atoms with Gasteiger partial charge in [0.1, 0.15) is 18.8 Å². The van der Waals surface area contributed by atoms with Crippen LogP contribution in [0.2, 0.25) is 0 Å². The Morgan fingerprint density at radius 2 is 1.45 bits per heavy atom. The maximum absolute atomic E-state index is 11.2. The zero-order valence-corrected chi connectivity index (χ0v) is 11.2. The lowest BCUT2D eigenvalue weighted by Gasteiger charge is -2.24. The minimum absolute atomic E-state index is 1.27. The van der Waals surface area contributed by atoms with Crippen molar-refractivity contribution in [3.63, 3.8) is 0 Å². The molecular formula is C6H12O12S2. The number of hydrogen-bond acceptors (Lipinski definition) is 10. The van der Waals surface area contributed by atoms with Crippen LogP contribution >= 0.6 is 0 Å². The molecule has 120 valence electrons. The van der Waals surface area contributed by atoms with E-state index in [0.717, 1.165) is 0 Å². The summed E-state index contributed by atoms with van der Waals surface area (Å²) in [7, 11) is -10.4. The molecule has 0 amide bonds. The van der Waals surface area contributed by atoms with E-state index in [1.807, 2.05) is 0 Å². The molecule has 0 radical (unpaired) electrons. The van der Waals surface area contributed by atoms with E-state index in [1.165, 1.54) is 0 Å². The number of Topliss-reactive ketones (excluding diaryl/α,β-unsaturated/α-hetero) is 1. The quantitative estimate of drug-likeness (QED) is 0.257. The Hall–Kier alpha value is -0.710. The van der Waals surface area contributed by atoms with E-state index >= 15 is 0 Å². The molecule has 0 aliphatic heterocycles. The van der Waals surface area contributed by atoms with E-state index < -0.39 is 58.1 Å². The predicted octanol–water partition coefficient (Wildman–Crippen LogP) is -3.72. The van der Waals surface area contributed by atoms with Gasteiger partial charge in [-0.3, -0.25) is 13.9 Å². The molecule has 0 saturated heterocycles. The summed E-state index contributed by atoms with van der Waals surface area (Å²) in [4.78, 5) is 11.2. The molecule has 0 aromatic carbocycles. The Balaban J connectivity index is 5.28. The normalized spacial score (nSPS) is 17.4. The van der Waals surface area contributed by atoms with Gasteiger partial charge < -0.3 is 15.3 Å². The fourth-order valence-electron chi connectivity index (χ4n) is 1.07. The molecule has 12 nitrogen and oxygen atoms in total. The summed E-state index contributed by atoms with van der Waals surface area (Å²) in [6.07, 6.45) is -7.09. The molecule has 0 fully saturated rings. The zero-order chi connectivity index (χ0) is 16.1. The van der Waals surface area contributed by atoms with Crippen molar-refractivity contribution in [2.45, 2.75) is 18.3 Å². The molecule has 0 aliphatic rings. The van der Waals surface area contributed by atoms with Gasteiger partial charge in [-0.1, -0.05) is 0 Å². The Labute approximate surface area is 113 Å². The lowest BCUT2D eigenvalue weighted by Crippen LogP contribution is -2.49. The second kappa shape index (κ2) is 7.34. The van der Waals surface area contributed by atoms with Crippen LogP contribution in [0.15, 0.2) is 0 Å². The minimum Gasteiger partial charge on any atom is -0.394 e. The van der Waals surface area contributed by atoms with E-state index in [4.69, 9.17) is 19.3 Å². The first kappa shape index (κ1) is 19.3. The summed E-state index contributed by atoms with van der Waals surface area (Å²) >= 11 is 0. The van der Waals surface area contributed by atoms with Gasteiger partial charge in [0.05, 0.1) is 6.61 Å². The van der Waals surface area contributed by atoms with Crippen molar-refractivity contribution in [3.8, 4) is 0 Å². The highest BCUT2D eigenvalue weighted by molar-refractivity contribution is 7.81. The molecule has 0 spiro atoms. The van der Waals surface area contributed by atoms with Gasteiger partial charge >= 0.3 is 20.8 Å². The Morgan fingerprint density at radius 3 is 1.75 bits per heavy atom. The van der Waals surface area contributed by atoms with E-state index in [-0.39, 0.29) is 0 Å². The van der Waals surface area contributed by atoms with Gasteiger partial charge in [0, 0.05) is 0 Å². The van der Waals surface area contributed by atoms with Gasteiger partial charge in [0.15, 0.2) is 11.9 Å². The number of carbonyl (C=O) groups excluding carboxylic acids is 1. The monoisotopic (exact) mass is 340 g/mol. The summed E-state index contributed by atoms with van der Waals surface area (Å²) in [6, 6.07) is 0. The largest absolute Gasteiger partial charge is 0.398 e. The number of carbonyl (C=O) groups is 1. The lowest BCUT2D eigenvalue weighted by atomic mass is 10.1. The minimum atomic E-state index is -5.25. The molecule has 0 aromatic heterocycles. The molecule has 0 rings (SSSR count). The van der Waals surface area contributed by atoms with Crippen LogP contribution in [0, 0.1) is 0 Å². The van der Waals surface area contributed by atoms with Crippen LogP contribution in [0.4, 0.5) is 0 Å². The summed E-state index contributed by atoms with van der Waals surface area (Å²) in [6.45, 7) is -2.60. The van der Waals surface area contributed by atoms with E-state index in [9.17, 15) is 26.7 Å². The average molecular weight is 340 g/mol. The van der Waals surface area contributed by atoms with Crippen LogP contribution in [0.3, 0.4) is 0 Å². The highest BCUT2D eigenvalue weighted by Gasteiger charge is 2.38. The number of rotatable bonds is 9. The van der Waals surface area contributed by atoms with Gasteiger partial charge in [-0.05, 0) is 0 Å². The number of hydrogen-bond donors (Lipinski definition) is 5. The third-order valence-corrected chi connectivity index (χ3v) is 2.76. The van der Waals surface area contributed by atoms with Crippen molar-refractivity contribution in [3.05, 3.63) is 0 Å². The third kappa shape index (κ3) is 7.17. The van der Waals surface area contributed by atoms with Gasteiger partial charge in [-0.2, -0.15) is 16.8 Å². The van der Waals surface area contributed by atoms with Crippen LogP contribution in [0.5, 0.6) is 0 Å². The van der Waals surface area contributed by atoms with E-state index in [0.29, 0.717) is 0 Å². The average Bonchev–Trinajstić information content (AvgIpc) is 2.29. The smallest absolute Gasteiger partial charge is 0.394 e. The van der Waals surface area contributed by atoms with Crippen molar-refractivity contribution in [2.24, 2.45) is 0 Å².